The molecular formula is C20H26F3NO5. The molecule has 29 heavy (non-hydrogen) atoms. The highest BCUT2D eigenvalue weighted by atomic mass is 19.4. The number of rotatable bonds is 7. The third-order valence-electron chi connectivity index (χ3n) is 5.17. The molecule has 9 heteroatoms. The number of methoxy groups -OCH3 is 1. The van der Waals surface area contributed by atoms with Crippen LogP contribution in [0.3, 0.4) is 0 Å². The van der Waals surface area contributed by atoms with Crippen LogP contribution in [0, 0.1) is 5.92 Å². The highest BCUT2D eigenvalue weighted by Gasteiger charge is 2.32. The van der Waals surface area contributed by atoms with Gasteiger partial charge in [-0.15, -0.1) is 0 Å². The van der Waals surface area contributed by atoms with Gasteiger partial charge in [-0.05, 0) is 37.0 Å². The summed E-state index contributed by atoms with van der Waals surface area (Å²) in [5.41, 5.74) is 0.803. The maximum atomic E-state index is 12.5. The summed E-state index contributed by atoms with van der Waals surface area (Å²) in [6.07, 6.45) is -2.04. The Bertz CT molecular complexity index is 683. The van der Waals surface area contributed by atoms with E-state index in [2.05, 4.69) is 0 Å². The number of hydrogen-bond acceptors (Lipinski definition) is 5. The van der Waals surface area contributed by atoms with Crippen LogP contribution in [-0.4, -0.2) is 63.3 Å². The van der Waals surface area contributed by atoms with Gasteiger partial charge in [0.2, 0.25) is 5.91 Å². The van der Waals surface area contributed by atoms with E-state index in [1.807, 2.05) is 4.90 Å². The second-order valence-electron chi connectivity index (χ2n) is 7.22. The molecule has 2 aliphatic rings. The van der Waals surface area contributed by atoms with E-state index in [4.69, 9.17) is 18.9 Å². The van der Waals surface area contributed by atoms with Crippen molar-refractivity contribution in [2.24, 2.45) is 5.92 Å². The van der Waals surface area contributed by atoms with E-state index in [1.54, 1.807) is 12.1 Å². The Morgan fingerprint density at radius 3 is 2.48 bits per heavy atom. The average molecular weight is 417 g/mol. The lowest BCUT2D eigenvalue weighted by molar-refractivity contribution is -0.153. The third-order valence-corrected chi connectivity index (χ3v) is 5.17. The monoisotopic (exact) mass is 417 g/mol. The van der Waals surface area contributed by atoms with Crippen LogP contribution in [0.25, 0.3) is 0 Å². The number of amides is 1. The van der Waals surface area contributed by atoms with Crippen LogP contribution in [-0.2, 0) is 20.7 Å². The van der Waals surface area contributed by atoms with E-state index in [1.165, 1.54) is 13.2 Å². The highest BCUT2D eigenvalue weighted by molar-refractivity contribution is 5.76. The fourth-order valence-corrected chi connectivity index (χ4v) is 3.63. The molecule has 0 N–H and O–H groups in total. The van der Waals surface area contributed by atoms with E-state index in [9.17, 15) is 18.0 Å². The van der Waals surface area contributed by atoms with Gasteiger partial charge in [0.25, 0.3) is 0 Å². The van der Waals surface area contributed by atoms with Gasteiger partial charge in [-0.1, -0.05) is 6.07 Å². The number of alkyl halides is 3. The van der Waals surface area contributed by atoms with Crippen molar-refractivity contribution in [1.29, 1.82) is 0 Å². The second-order valence-corrected chi connectivity index (χ2v) is 7.22. The molecule has 1 aromatic rings. The van der Waals surface area contributed by atoms with Crippen LogP contribution in [0.4, 0.5) is 13.2 Å². The maximum Gasteiger partial charge on any atom is 0.422 e. The minimum atomic E-state index is -4.42. The number of benzene rings is 1. The summed E-state index contributed by atoms with van der Waals surface area (Å²) >= 11 is 0. The third kappa shape index (κ3) is 6.24. The molecule has 0 saturated carbocycles. The van der Waals surface area contributed by atoms with Crippen LogP contribution < -0.4 is 9.47 Å². The molecule has 1 aromatic carbocycles. The molecule has 3 rings (SSSR count). The Labute approximate surface area is 167 Å². The lowest BCUT2D eigenvalue weighted by atomic mass is 9.95. The number of carbonyl (C=O) groups is 1. The fourth-order valence-electron chi connectivity index (χ4n) is 3.63. The molecule has 0 aromatic heterocycles. The number of halogens is 3. The van der Waals surface area contributed by atoms with Gasteiger partial charge in [0.05, 0.1) is 20.3 Å². The van der Waals surface area contributed by atoms with Gasteiger partial charge >= 0.3 is 6.18 Å². The molecule has 162 valence electrons. The van der Waals surface area contributed by atoms with Gasteiger partial charge in [-0.2, -0.15) is 13.2 Å². The number of ether oxygens (including phenoxy) is 4. The molecular weight excluding hydrogens is 391 g/mol. The zero-order valence-electron chi connectivity index (χ0n) is 16.4. The summed E-state index contributed by atoms with van der Waals surface area (Å²) < 4.78 is 58.0. The summed E-state index contributed by atoms with van der Waals surface area (Å²) in [7, 11) is 1.37. The van der Waals surface area contributed by atoms with E-state index >= 15 is 0 Å². The first kappa shape index (κ1) is 21.7. The number of aryl methyl sites for hydroxylation is 1. The molecule has 0 aliphatic carbocycles. The first-order valence-electron chi connectivity index (χ1n) is 9.73. The molecule has 0 unspecified atom stereocenters. The van der Waals surface area contributed by atoms with E-state index in [-0.39, 0.29) is 23.7 Å². The summed E-state index contributed by atoms with van der Waals surface area (Å²) in [5.74, 6) is 0.637. The van der Waals surface area contributed by atoms with E-state index < -0.39 is 12.8 Å². The Hall–Kier alpha value is -2.00. The van der Waals surface area contributed by atoms with Crippen molar-refractivity contribution in [3.63, 3.8) is 0 Å². The first-order chi connectivity index (χ1) is 13.9. The van der Waals surface area contributed by atoms with Crippen LogP contribution in [0.1, 0.15) is 24.8 Å². The van der Waals surface area contributed by atoms with Crippen molar-refractivity contribution >= 4 is 5.91 Å². The first-order valence-corrected chi connectivity index (χ1v) is 9.73. The van der Waals surface area contributed by atoms with Crippen LogP contribution in [0.15, 0.2) is 18.2 Å². The predicted octanol–water partition coefficient (Wildman–Crippen LogP) is 3.18. The van der Waals surface area contributed by atoms with Crippen LogP contribution >= 0.6 is 0 Å². The zero-order chi connectivity index (χ0) is 20.9. The molecule has 2 fully saturated rings. The normalized spacial score (nSPS) is 18.8. The molecule has 0 atom stereocenters. The van der Waals surface area contributed by atoms with Crippen molar-refractivity contribution in [3.8, 4) is 11.5 Å². The number of nitrogens with zero attached hydrogens (tertiary/aromatic N) is 1. The van der Waals surface area contributed by atoms with Crippen molar-refractivity contribution in [2.45, 2.75) is 38.1 Å². The predicted molar refractivity (Wildman–Crippen MR) is 97.9 cm³/mol. The molecule has 2 saturated heterocycles. The molecule has 1 amide bonds. The minimum Gasteiger partial charge on any atom is -0.493 e. The van der Waals surface area contributed by atoms with Gasteiger partial charge < -0.3 is 23.8 Å². The van der Waals surface area contributed by atoms with E-state index in [0.29, 0.717) is 45.1 Å². The summed E-state index contributed by atoms with van der Waals surface area (Å²) in [5, 5.41) is 0. The zero-order valence-corrected chi connectivity index (χ0v) is 16.4. The number of piperidine rings is 1. The average Bonchev–Trinajstić information content (AvgIpc) is 3.25. The lowest BCUT2D eigenvalue weighted by Crippen LogP contribution is -2.41. The van der Waals surface area contributed by atoms with Gasteiger partial charge in [-0.25, -0.2) is 0 Å². The fraction of sp³-hybridized carbons (Fsp3) is 0.650. The molecule has 2 heterocycles. The topological polar surface area (TPSA) is 57.2 Å². The lowest BCUT2D eigenvalue weighted by Gasteiger charge is -2.34. The smallest absolute Gasteiger partial charge is 0.422 e. The summed E-state index contributed by atoms with van der Waals surface area (Å²) in [4.78, 5) is 14.4. The van der Waals surface area contributed by atoms with Crippen molar-refractivity contribution in [2.75, 3.05) is 40.0 Å². The molecule has 0 radical (unpaired) electrons. The molecule has 6 nitrogen and oxygen atoms in total. The molecule has 2 aliphatic heterocycles. The summed E-state index contributed by atoms with van der Waals surface area (Å²) in [6.45, 7) is 1.25. The molecule has 0 spiro atoms. The SMILES string of the molecule is COc1cc(CCC(=O)N2CCC(C3OCCO3)CC2)ccc1OCC(F)(F)F. The Morgan fingerprint density at radius 1 is 1.17 bits per heavy atom. The second kappa shape index (κ2) is 9.67. The Balaban J connectivity index is 1.47. The number of likely N-dealkylation sites (tertiary alicyclic amines) is 1. The van der Waals surface area contributed by atoms with E-state index in [0.717, 1.165) is 18.4 Å². The van der Waals surface area contributed by atoms with Crippen LogP contribution in [0.2, 0.25) is 0 Å². The quantitative estimate of drug-likeness (QED) is 0.682. The summed E-state index contributed by atoms with van der Waals surface area (Å²) in [6, 6.07) is 4.71. The number of hydrogen-bond donors (Lipinski definition) is 0. The Kier molecular flexibility index (Phi) is 7.23. The highest BCUT2D eigenvalue weighted by Crippen LogP contribution is 2.30. The van der Waals surface area contributed by atoms with Gasteiger partial charge in [0.1, 0.15) is 0 Å². The van der Waals surface area contributed by atoms with Gasteiger partial charge in [0, 0.05) is 25.4 Å². The minimum absolute atomic E-state index is 0.0262. The standard InChI is InChI=1S/C20H26F3NO5/c1-26-17-12-14(2-4-16(17)29-13-20(21,22)23)3-5-18(25)24-8-6-15(7-9-24)19-27-10-11-28-19/h2,4,12,15,19H,3,5-11,13H2,1H3. The maximum absolute atomic E-state index is 12.5. The Morgan fingerprint density at radius 2 is 1.86 bits per heavy atom. The van der Waals surface area contributed by atoms with Crippen LogP contribution in [0.5, 0.6) is 11.5 Å². The van der Waals surface area contributed by atoms with Crippen molar-refractivity contribution < 1.29 is 36.9 Å². The largest absolute Gasteiger partial charge is 0.493 e. The van der Waals surface area contributed by atoms with Gasteiger partial charge in [-0.3, -0.25) is 4.79 Å². The van der Waals surface area contributed by atoms with Crippen molar-refractivity contribution in [3.05, 3.63) is 23.8 Å². The van der Waals surface area contributed by atoms with Gasteiger partial charge in [0.15, 0.2) is 24.4 Å². The number of carbonyl (C=O) groups excluding carboxylic acids is 1. The molecule has 0 bridgehead atoms. The van der Waals surface area contributed by atoms with Crippen molar-refractivity contribution in [1.82, 2.24) is 4.90 Å².